The quantitative estimate of drug-likeness (QED) is 0.795. The van der Waals surface area contributed by atoms with Crippen LogP contribution in [0.1, 0.15) is 11.1 Å². The first-order valence-electron chi connectivity index (χ1n) is 3.31. The van der Waals surface area contributed by atoms with Gasteiger partial charge in [0, 0.05) is 15.6 Å². The van der Waals surface area contributed by atoms with E-state index in [4.69, 9.17) is 5.11 Å². The van der Waals surface area contributed by atoms with Crippen molar-refractivity contribution in [3.05, 3.63) is 33.3 Å². The van der Waals surface area contributed by atoms with Crippen LogP contribution in [0.4, 0.5) is 8.78 Å². The zero-order valence-electron chi connectivity index (χ0n) is 6.37. The molecule has 0 radical (unpaired) electrons. The lowest BCUT2D eigenvalue weighted by atomic mass is 10.1. The van der Waals surface area contributed by atoms with Crippen LogP contribution in [-0.4, -0.2) is 5.11 Å². The summed E-state index contributed by atoms with van der Waals surface area (Å²) in [5, 5.41) is 8.72. The van der Waals surface area contributed by atoms with Gasteiger partial charge in [0.1, 0.15) is 11.6 Å². The van der Waals surface area contributed by atoms with E-state index < -0.39 is 18.2 Å². The van der Waals surface area contributed by atoms with Gasteiger partial charge >= 0.3 is 0 Å². The van der Waals surface area contributed by atoms with Crippen molar-refractivity contribution < 1.29 is 13.9 Å². The van der Waals surface area contributed by atoms with Crippen LogP contribution in [0, 0.1) is 18.6 Å². The molecular formula is C8H7BrF2O. The van der Waals surface area contributed by atoms with Gasteiger partial charge in [-0.15, -0.1) is 0 Å². The number of benzene rings is 1. The summed E-state index contributed by atoms with van der Waals surface area (Å²) in [7, 11) is 0. The second kappa shape index (κ2) is 3.49. The third-order valence-corrected chi connectivity index (χ3v) is 2.36. The largest absolute Gasteiger partial charge is 0.392 e. The van der Waals surface area contributed by atoms with Crippen LogP contribution in [0.25, 0.3) is 0 Å². The Balaban J connectivity index is 3.40. The minimum Gasteiger partial charge on any atom is -0.392 e. The minimum absolute atomic E-state index is 0.0674. The Labute approximate surface area is 77.2 Å². The molecule has 0 saturated carbocycles. The van der Waals surface area contributed by atoms with Crippen molar-refractivity contribution in [2.24, 2.45) is 0 Å². The Morgan fingerprint density at radius 1 is 1.50 bits per heavy atom. The Bertz CT molecular complexity index is 312. The summed E-state index contributed by atoms with van der Waals surface area (Å²) in [6.07, 6.45) is 0. The first kappa shape index (κ1) is 9.61. The van der Waals surface area contributed by atoms with E-state index in [1.54, 1.807) is 0 Å². The van der Waals surface area contributed by atoms with Crippen molar-refractivity contribution in [2.75, 3.05) is 0 Å². The van der Waals surface area contributed by atoms with E-state index >= 15 is 0 Å². The van der Waals surface area contributed by atoms with Crippen LogP contribution in [0.3, 0.4) is 0 Å². The molecule has 0 aliphatic rings. The molecule has 0 bridgehead atoms. The van der Waals surface area contributed by atoms with Gasteiger partial charge in [-0.25, -0.2) is 8.78 Å². The molecule has 4 heteroatoms. The molecule has 1 nitrogen and oxygen atoms in total. The standard InChI is InChI=1S/C8H7BrF2O/c1-4-7(10)2-6(9)5(3-12)8(4)11/h2,12H,3H2,1H3. The molecule has 0 unspecified atom stereocenters. The molecule has 0 atom stereocenters. The first-order valence-corrected chi connectivity index (χ1v) is 4.11. The molecular weight excluding hydrogens is 230 g/mol. The van der Waals surface area contributed by atoms with E-state index in [9.17, 15) is 8.78 Å². The maximum Gasteiger partial charge on any atom is 0.135 e. The molecule has 0 aliphatic heterocycles. The van der Waals surface area contributed by atoms with Gasteiger partial charge < -0.3 is 5.11 Å². The summed E-state index contributed by atoms with van der Waals surface area (Å²) in [5.41, 5.74) is 0.0242. The van der Waals surface area contributed by atoms with E-state index in [0.717, 1.165) is 6.07 Å². The zero-order chi connectivity index (χ0) is 9.30. The number of hydrogen-bond donors (Lipinski definition) is 1. The van der Waals surface area contributed by atoms with E-state index in [-0.39, 0.29) is 15.6 Å². The normalized spacial score (nSPS) is 10.4. The summed E-state index contributed by atoms with van der Waals surface area (Å²) in [6, 6.07) is 1.14. The van der Waals surface area contributed by atoms with Crippen LogP contribution in [-0.2, 0) is 6.61 Å². The fourth-order valence-corrected chi connectivity index (χ4v) is 1.39. The van der Waals surface area contributed by atoms with Crippen molar-refractivity contribution in [1.82, 2.24) is 0 Å². The molecule has 0 spiro atoms. The lowest BCUT2D eigenvalue weighted by Gasteiger charge is -2.06. The average Bonchev–Trinajstić information content (AvgIpc) is 2.01. The van der Waals surface area contributed by atoms with Crippen molar-refractivity contribution in [3.63, 3.8) is 0 Å². The average molecular weight is 237 g/mol. The topological polar surface area (TPSA) is 20.2 Å². The summed E-state index contributed by atoms with van der Waals surface area (Å²) in [5.74, 6) is -1.30. The number of aliphatic hydroxyl groups excluding tert-OH is 1. The SMILES string of the molecule is Cc1c(F)cc(Br)c(CO)c1F. The van der Waals surface area contributed by atoms with Gasteiger partial charge in [0.15, 0.2) is 0 Å². The van der Waals surface area contributed by atoms with Gasteiger partial charge in [-0.1, -0.05) is 15.9 Å². The summed E-state index contributed by atoms with van der Waals surface area (Å²) < 4.78 is 26.2. The van der Waals surface area contributed by atoms with Crippen LogP contribution >= 0.6 is 15.9 Å². The molecule has 1 aromatic carbocycles. The lowest BCUT2D eigenvalue weighted by Crippen LogP contribution is -1.97. The van der Waals surface area contributed by atoms with Gasteiger partial charge in [-0.05, 0) is 13.0 Å². The fraction of sp³-hybridized carbons (Fsp3) is 0.250. The van der Waals surface area contributed by atoms with Gasteiger partial charge in [0.2, 0.25) is 0 Å². The summed E-state index contributed by atoms with van der Waals surface area (Å²) >= 11 is 2.95. The van der Waals surface area contributed by atoms with E-state index in [1.165, 1.54) is 6.92 Å². The zero-order valence-corrected chi connectivity index (χ0v) is 7.95. The highest BCUT2D eigenvalue weighted by atomic mass is 79.9. The van der Waals surface area contributed by atoms with Crippen molar-refractivity contribution >= 4 is 15.9 Å². The van der Waals surface area contributed by atoms with Crippen molar-refractivity contribution in [3.8, 4) is 0 Å². The van der Waals surface area contributed by atoms with Crippen LogP contribution in [0.15, 0.2) is 10.5 Å². The number of halogens is 3. The molecule has 0 heterocycles. The Kier molecular flexibility index (Phi) is 2.80. The molecule has 66 valence electrons. The van der Waals surface area contributed by atoms with Crippen molar-refractivity contribution in [1.29, 1.82) is 0 Å². The minimum atomic E-state index is -0.690. The van der Waals surface area contributed by atoms with Crippen molar-refractivity contribution in [2.45, 2.75) is 13.5 Å². The predicted octanol–water partition coefficient (Wildman–Crippen LogP) is 2.53. The molecule has 1 N–H and O–H groups in total. The summed E-state index contributed by atoms with van der Waals surface area (Å²) in [6.45, 7) is 0.893. The maximum absolute atomic E-state index is 13.1. The van der Waals surface area contributed by atoms with Crippen LogP contribution < -0.4 is 0 Å². The highest BCUT2D eigenvalue weighted by molar-refractivity contribution is 9.10. The fourth-order valence-electron chi connectivity index (χ4n) is 0.888. The molecule has 0 aromatic heterocycles. The summed E-state index contributed by atoms with van der Waals surface area (Å²) in [4.78, 5) is 0. The lowest BCUT2D eigenvalue weighted by molar-refractivity contribution is 0.274. The van der Waals surface area contributed by atoms with Gasteiger partial charge in [0.25, 0.3) is 0 Å². The smallest absolute Gasteiger partial charge is 0.135 e. The first-order chi connectivity index (χ1) is 5.57. The highest BCUT2D eigenvalue weighted by Gasteiger charge is 2.12. The predicted molar refractivity (Wildman–Crippen MR) is 44.7 cm³/mol. The van der Waals surface area contributed by atoms with E-state index in [0.29, 0.717) is 0 Å². The second-order valence-electron chi connectivity index (χ2n) is 2.42. The molecule has 0 saturated heterocycles. The maximum atomic E-state index is 13.1. The molecule has 1 rings (SSSR count). The highest BCUT2D eigenvalue weighted by Crippen LogP contribution is 2.24. The Hall–Kier alpha value is -0.480. The van der Waals surface area contributed by atoms with Gasteiger partial charge in [-0.2, -0.15) is 0 Å². The number of aliphatic hydroxyl groups is 1. The monoisotopic (exact) mass is 236 g/mol. The van der Waals surface area contributed by atoms with Crippen LogP contribution in [0.2, 0.25) is 0 Å². The molecule has 1 aromatic rings. The second-order valence-corrected chi connectivity index (χ2v) is 3.27. The van der Waals surface area contributed by atoms with E-state index in [2.05, 4.69) is 15.9 Å². The Morgan fingerprint density at radius 2 is 2.08 bits per heavy atom. The number of rotatable bonds is 1. The third-order valence-electron chi connectivity index (χ3n) is 1.65. The van der Waals surface area contributed by atoms with E-state index in [1.807, 2.05) is 0 Å². The molecule has 12 heavy (non-hydrogen) atoms. The molecule has 0 amide bonds. The van der Waals surface area contributed by atoms with Gasteiger partial charge in [0.05, 0.1) is 6.61 Å². The van der Waals surface area contributed by atoms with Crippen LogP contribution in [0.5, 0.6) is 0 Å². The third kappa shape index (κ3) is 1.49. The Morgan fingerprint density at radius 3 is 2.58 bits per heavy atom. The van der Waals surface area contributed by atoms with Gasteiger partial charge in [-0.3, -0.25) is 0 Å². The molecule has 0 aliphatic carbocycles. The molecule has 0 fully saturated rings. The number of hydrogen-bond acceptors (Lipinski definition) is 1.